The zero-order valence-corrected chi connectivity index (χ0v) is 9.25. The minimum atomic E-state index is -2.40. The molecule has 78 valence electrons. The van der Waals surface area contributed by atoms with Crippen LogP contribution in [0.15, 0.2) is 10.1 Å². The summed E-state index contributed by atoms with van der Waals surface area (Å²) in [6.45, 7) is 0. The smallest absolute Gasteiger partial charge is 0.333 e. The van der Waals surface area contributed by atoms with Crippen molar-refractivity contribution >= 4 is 58.3 Å². The molecule has 1 aliphatic rings. The van der Waals surface area contributed by atoms with Gasteiger partial charge in [-0.3, -0.25) is 0 Å². The quantitative estimate of drug-likeness (QED) is 0.756. The van der Waals surface area contributed by atoms with Crippen LogP contribution in [0.1, 0.15) is 0 Å². The Morgan fingerprint density at radius 1 is 0.929 bits per heavy atom. The van der Waals surface area contributed by atoms with Crippen molar-refractivity contribution in [2.75, 3.05) is 0 Å². The zero-order valence-electron chi connectivity index (χ0n) is 6.22. The first-order valence-corrected chi connectivity index (χ1v) is 4.62. The van der Waals surface area contributed by atoms with Crippen molar-refractivity contribution in [1.82, 2.24) is 0 Å². The molecule has 0 aromatic rings. The molecule has 0 amide bonds. The predicted octanol–water partition coefficient (Wildman–Crippen LogP) is 1.81. The van der Waals surface area contributed by atoms with Crippen LogP contribution >= 0.6 is 46.4 Å². The molecular weight excluding hydrogens is 278 g/mol. The SMILES string of the molecule is O=C(O)[C@@]1(Cl)C(Cl)=C(Cl)[C@]1(Cl)C(=O)O. The molecule has 8 heteroatoms. The second-order valence-electron chi connectivity index (χ2n) is 2.56. The third-order valence-electron chi connectivity index (χ3n) is 1.86. The highest BCUT2D eigenvalue weighted by atomic mass is 35.5. The number of hydrogen-bond donors (Lipinski definition) is 2. The fourth-order valence-electron chi connectivity index (χ4n) is 1.02. The molecule has 1 aliphatic carbocycles. The van der Waals surface area contributed by atoms with Crippen molar-refractivity contribution in [3.63, 3.8) is 0 Å². The van der Waals surface area contributed by atoms with Crippen molar-refractivity contribution in [3.8, 4) is 0 Å². The van der Waals surface area contributed by atoms with Gasteiger partial charge in [-0.25, -0.2) is 9.59 Å². The lowest BCUT2D eigenvalue weighted by Crippen LogP contribution is -2.64. The standard InChI is InChI=1S/C6H2Cl4O4/c7-1-2(8)6(10,4(13)14)5(1,9)3(11)12/h(H,11,12)(H,13,14)/t5-,6-/m0/s1. The van der Waals surface area contributed by atoms with Gasteiger partial charge < -0.3 is 10.2 Å². The Labute approximate surface area is 98.0 Å². The Hall–Kier alpha value is -0.160. The van der Waals surface area contributed by atoms with Crippen LogP contribution < -0.4 is 0 Å². The summed E-state index contributed by atoms with van der Waals surface area (Å²) in [5.74, 6) is -3.32. The van der Waals surface area contributed by atoms with Crippen LogP contribution in [0, 0.1) is 0 Å². The van der Waals surface area contributed by atoms with Gasteiger partial charge in [0.15, 0.2) is 0 Å². The molecule has 0 aromatic carbocycles. The normalized spacial score (nSPS) is 36.6. The van der Waals surface area contributed by atoms with E-state index in [-0.39, 0.29) is 0 Å². The van der Waals surface area contributed by atoms with Crippen LogP contribution in [0.4, 0.5) is 0 Å². The van der Waals surface area contributed by atoms with Gasteiger partial charge in [-0.05, 0) is 0 Å². The summed E-state index contributed by atoms with van der Waals surface area (Å²) < 4.78 is 0. The fraction of sp³-hybridized carbons (Fsp3) is 0.333. The second kappa shape index (κ2) is 3.17. The summed E-state index contributed by atoms with van der Waals surface area (Å²) >= 11 is 21.8. The molecular formula is C6H2Cl4O4. The lowest BCUT2D eigenvalue weighted by atomic mass is 9.79. The van der Waals surface area contributed by atoms with Crippen LogP contribution in [-0.2, 0) is 9.59 Å². The Kier molecular flexibility index (Phi) is 2.69. The molecule has 0 heterocycles. The van der Waals surface area contributed by atoms with Crippen LogP contribution in [0.5, 0.6) is 0 Å². The zero-order chi connectivity index (χ0) is 11.3. The number of halogens is 4. The summed E-state index contributed by atoms with van der Waals surface area (Å²) in [6, 6.07) is 0. The average molecular weight is 280 g/mol. The Morgan fingerprint density at radius 3 is 1.29 bits per heavy atom. The first-order valence-electron chi connectivity index (χ1n) is 3.11. The minimum Gasteiger partial charge on any atom is -0.480 e. The van der Waals surface area contributed by atoms with Crippen molar-refractivity contribution in [2.45, 2.75) is 9.75 Å². The second-order valence-corrected chi connectivity index (χ2v) is 4.45. The molecule has 0 unspecified atom stereocenters. The Balaban J connectivity index is 3.39. The van der Waals surface area contributed by atoms with Gasteiger partial charge in [-0.2, -0.15) is 0 Å². The fourth-order valence-corrected chi connectivity index (χ4v) is 2.49. The van der Waals surface area contributed by atoms with Gasteiger partial charge in [0.2, 0.25) is 9.75 Å². The molecule has 4 nitrogen and oxygen atoms in total. The van der Waals surface area contributed by atoms with Gasteiger partial charge in [0, 0.05) is 0 Å². The first-order chi connectivity index (χ1) is 6.20. The van der Waals surface area contributed by atoms with Crippen molar-refractivity contribution < 1.29 is 19.8 Å². The van der Waals surface area contributed by atoms with Gasteiger partial charge in [0.1, 0.15) is 0 Å². The van der Waals surface area contributed by atoms with E-state index in [9.17, 15) is 9.59 Å². The third kappa shape index (κ3) is 1.03. The van der Waals surface area contributed by atoms with E-state index in [2.05, 4.69) is 0 Å². The molecule has 1 rings (SSSR count). The highest BCUT2D eigenvalue weighted by Gasteiger charge is 2.73. The molecule has 14 heavy (non-hydrogen) atoms. The van der Waals surface area contributed by atoms with E-state index < -0.39 is 31.8 Å². The van der Waals surface area contributed by atoms with Crippen molar-refractivity contribution in [1.29, 1.82) is 0 Å². The molecule has 0 fully saturated rings. The van der Waals surface area contributed by atoms with E-state index in [1.165, 1.54) is 0 Å². The molecule has 0 saturated carbocycles. The van der Waals surface area contributed by atoms with E-state index in [1.54, 1.807) is 0 Å². The Morgan fingerprint density at radius 2 is 1.14 bits per heavy atom. The molecule has 0 aromatic heterocycles. The maximum atomic E-state index is 10.7. The Bertz CT molecular complexity index is 331. The highest BCUT2D eigenvalue weighted by molar-refractivity contribution is 6.64. The van der Waals surface area contributed by atoms with Crippen LogP contribution in [0.25, 0.3) is 0 Å². The predicted molar refractivity (Wildman–Crippen MR) is 51.2 cm³/mol. The maximum Gasteiger partial charge on any atom is 0.333 e. The number of carboxylic acids is 2. The molecule has 0 aliphatic heterocycles. The van der Waals surface area contributed by atoms with Crippen LogP contribution in [0.3, 0.4) is 0 Å². The van der Waals surface area contributed by atoms with Crippen LogP contribution in [-0.4, -0.2) is 31.9 Å². The molecule has 2 N–H and O–H groups in total. The van der Waals surface area contributed by atoms with Crippen molar-refractivity contribution in [2.24, 2.45) is 0 Å². The number of carbonyl (C=O) groups is 2. The summed E-state index contributed by atoms with van der Waals surface area (Å²) in [4.78, 5) is 16.6. The average Bonchev–Trinajstić information content (AvgIpc) is 2.12. The molecule has 0 radical (unpaired) electrons. The van der Waals surface area contributed by atoms with Gasteiger partial charge in [-0.1, -0.05) is 46.4 Å². The third-order valence-corrected chi connectivity index (χ3v) is 4.46. The van der Waals surface area contributed by atoms with Gasteiger partial charge in [0.25, 0.3) is 0 Å². The molecule has 2 atom stereocenters. The summed E-state index contributed by atoms with van der Waals surface area (Å²) in [6.07, 6.45) is 0. The summed E-state index contributed by atoms with van der Waals surface area (Å²) in [7, 11) is 0. The number of rotatable bonds is 2. The number of alkyl halides is 2. The lowest BCUT2D eigenvalue weighted by molar-refractivity contribution is -0.148. The van der Waals surface area contributed by atoms with E-state index in [0.29, 0.717) is 0 Å². The molecule has 0 saturated heterocycles. The summed E-state index contributed by atoms with van der Waals surface area (Å²) in [5.41, 5.74) is 0. The molecule has 0 bridgehead atoms. The van der Waals surface area contributed by atoms with E-state index >= 15 is 0 Å². The lowest BCUT2D eigenvalue weighted by Gasteiger charge is -2.43. The number of carboxylic acid groups (broad SMARTS) is 2. The monoisotopic (exact) mass is 278 g/mol. The maximum absolute atomic E-state index is 10.7. The number of hydrogen-bond acceptors (Lipinski definition) is 2. The minimum absolute atomic E-state index is 0.481. The van der Waals surface area contributed by atoms with E-state index in [4.69, 9.17) is 56.6 Å². The van der Waals surface area contributed by atoms with Gasteiger partial charge in [-0.15, -0.1) is 0 Å². The van der Waals surface area contributed by atoms with E-state index in [1.807, 2.05) is 0 Å². The van der Waals surface area contributed by atoms with E-state index in [0.717, 1.165) is 0 Å². The number of aliphatic carboxylic acids is 2. The van der Waals surface area contributed by atoms with Gasteiger partial charge >= 0.3 is 11.9 Å². The van der Waals surface area contributed by atoms with Crippen molar-refractivity contribution in [3.05, 3.63) is 10.1 Å². The van der Waals surface area contributed by atoms with Gasteiger partial charge in [0.05, 0.1) is 10.1 Å². The molecule has 0 spiro atoms. The topological polar surface area (TPSA) is 74.6 Å². The summed E-state index contributed by atoms with van der Waals surface area (Å²) in [5, 5.41) is 16.5. The first kappa shape index (κ1) is 11.9. The van der Waals surface area contributed by atoms with Crippen LogP contribution in [0.2, 0.25) is 0 Å². The largest absolute Gasteiger partial charge is 0.480 e. The highest BCUT2D eigenvalue weighted by Crippen LogP contribution is 2.59.